The number of azo groups is 1. The number of aromatic nitrogens is 1. The Morgan fingerprint density at radius 1 is 1.11 bits per heavy atom. The van der Waals surface area contributed by atoms with Crippen LogP contribution in [0.25, 0.3) is 0 Å². The van der Waals surface area contributed by atoms with Gasteiger partial charge in [-0.2, -0.15) is 5.11 Å². The second-order valence-electron chi connectivity index (χ2n) is 8.81. The maximum Gasteiger partial charge on any atom is 0.266 e. The van der Waals surface area contributed by atoms with Crippen molar-refractivity contribution in [3.05, 3.63) is 45.7 Å². The van der Waals surface area contributed by atoms with Gasteiger partial charge in [-0.15, -0.1) is 5.11 Å². The van der Waals surface area contributed by atoms with Crippen molar-refractivity contribution < 1.29 is 18.3 Å². The van der Waals surface area contributed by atoms with E-state index in [4.69, 9.17) is 5.73 Å². The lowest BCUT2D eigenvalue weighted by molar-refractivity contribution is 0.0997. The highest BCUT2D eigenvalue weighted by molar-refractivity contribution is 7.89. The lowest BCUT2D eigenvalue weighted by atomic mass is 9.98. The van der Waals surface area contributed by atoms with Crippen molar-refractivity contribution >= 4 is 27.3 Å². The molecule has 1 aromatic carbocycles. The van der Waals surface area contributed by atoms with E-state index in [1.807, 2.05) is 13.8 Å². The number of hydrogen-bond acceptors (Lipinski definition) is 7. The van der Waals surface area contributed by atoms with Crippen LogP contribution in [0, 0.1) is 12.8 Å². The number of nitrogens with one attached hydrogen (secondary N) is 1. The van der Waals surface area contributed by atoms with Crippen molar-refractivity contribution in [3.8, 4) is 5.88 Å². The number of nitrogens with two attached hydrogens (primary N) is 1. The zero-order chi connectivity index (χ0) is 26.9. The highest BCUT2D eigenvalue weighted by Gasteiger charge is 2.24. The lowest BCUT2D eigenvalue weighted by Gasteiger charge is -2.19. The zero-order valence-electron chi connectivity index (χ0n) is 21.5. The highest BCUT2D eigenvalue weighted by Crippen LogP contribution is 2.33. The normalized spacial score (nSPS) is 12.8. The molecule has 36 heavy (non-hydrogen) atoms. The van der Waals surface area contributed by atoms with Crippen LogP contribution in [0.4, 0.5) is 11.4 Å². The van der Waals surface area contributed by atoms with Crippen LogP contribution in [0.15, 0.2) is 44.2 Å². The molecule has 10 nitrogen and oxygen atoms in total. The number of pyridine rings is 1. The topological polar surface area (TPSA) is 156 Å². The largest absolute Gasteiger partial charge is 0.493 e. The molecule has 0 fully saturated rings. The zero-order valence-corrected chi connectivity index (χ0v) is 22.3. The summed E-state index contributed by atoms with van der Waals surface area (Å²) in [5.74, 6) is -1.17. The first kappa shape index (κ1) is 29.2. The highest BCUT2D eigenvalue weighted by atomic mass is 32.2. The number of hydrogen-bond donors (Lipinski definition) is 3. The molecule has 1 unspecified atom stereocenters. The molecule has 0 aliphatic carbocycles. The van der Waals surface area contributed by atoms with Crippen LogP contribution in [0.2, 0.25) is 0 Å². The first-order chi connectivity index (χ1) is 17.1. The van der Waals surface area contributed by atoms with Gasteiger partial charge in [-0.25, -0.2) is 13.1 Å². The molecular formula is C25H37N5O5S. The number of benzene rings is 1. The molecule has 198 valence electrons. The van der Waals surface area contributed by atoms with Crippen molar-refractivity contribution in [2.75, 3.05) is 6.54 Å². The van der Waals surface area contributed by atoms with E-state index in [1.54, 1.807) is 0 Å². The molecule has 2 aromatic rings. The Bertz CT molecular complexity index is 1240. The maximum atomic E-state index is 13.0. The van der Waals surface area contributed by atoms with Gasteiger partial charge < -0.3 is 10.8 Å². The molecule has 0 aliphatic heterocycles. The summed E-state index contributed by atoms with van der Waals surface area (Å²) in [7, 11) is -3.63. The van der Waals surface area contributed by atoms with Crippen molar-refractivity contribution in [3.63, 3.8) is 0 Å². The van der Waals surface area contributed by atoms with Gasteiger partial charge in [0.1, 0.15) is 11.3 Å². The summed E-state index contributed by atoms with van der Waals surface area (Å²) in [6.45, 7) is 8.12. The van der Waals surface area contributed by atoms with E-state index in [-0.39, 0.29) is 40.1 Å². The molecule has 4 N–H and O–H groups in total. The summed E-state index contributed by atoms with van der Waals surface area (Å²) in [6.07, 6.45) is 5.27. The van der Waals surface area contributed by atoms with Crippen molar-refractivity contribution in [2.45, 2.75) is 77.7 Å². The average molecular weight is 520 g/mol. The predicted octanol–water partition coefficient (Wildman–Crippen LogP) is 4.67. The fraction of sp³-hybridized carbons (Fsp3) is 0.520. The fourth-order valence-electron chi connectivity index (χ4n) is 3.83. The third kappa shape index (κ3) is 7.23. The van der Waals surface area contributed by atoms with Crippen molar-refractivity contribution in [1.29, 1.82) is 0 Å². The van der Waals surface area contributed by atoms with E-state index in [1.165, 1.54) is 31.2 Å². The number of carbonyl (C=O) groups is 1. The van der Waals surface area contributed by atoms with Crippen LogP contribution in [0.1, 0.15) is 75.2 Å². The monoisotopic (exact) mass is 519 g/mol. The summed E-state index contributed by atoms with van der Waals surface area (Å²) >= 11 is 0. The number of rotatable bonds is 14. The molecule has 1 amide bonds. The lowest BCUT2D eigenvalue weighted by Crippen LogP contribution is -2.32. The standard InChI is InChI=1S/C25H37N5O5S/c1-5-8-10-18(7-3)16-30-24(32)21(23(26)31)17(4)22(25(30)33)29-28-19-11-13-20(14-12-19)36(34,35)27-15-9-6-2/h11-14,18,27,33H,5-10,15-16H2,1-4H3,(H2,26,31)/b29-28+. The van der Waals surface area contributed by atoms with Gasteiger partial charge in [0.2, 0.25) is 15.9 Å². The molecule has 0 radical (unpaired) electrons. The molecule has 0 aliphatic rings. The summed E-state index contributed by atoms with van der Waals surface area (Å²) in [5.41, 5.74) is 5.01. The van der Waals surface area contributed by atoms with Crippen LogP contribution < -0.4 is 16.0 Å². The molecule has 1 aromatic heterocycles. The number of amides is 1. The van der Waals surface area contributed by atoms with Gasteiger partial charge >= 0.3 is 0 Å². The van der Waals surface area contributed by atoms with E-state index in [0.717, 1.165) is 43.1 Å². The summed E-state index contributed by atoms with van der Waals surface area (Å²) in [5, 5.41) is 19.1. The quantitative estimate of drug-likeness (QED) is 0.244. The van der Waals surface area contributed by atoms with Crippen LogP contribution in [-0.4, -0.2) is 30.5 Å². The molecule has 2 rings (SSSR count). The Balaban J connectivity index is 2.43. The molecule has 0 saturated heterocycles. The number of sulfonamides is 1. The third-order valence-electron chi connectivity index (χ3n) is 6.12. The first-order valence-electron chi connectivity index (χ1n) is 12.3. The smallest absolute Gasteiger partial charge is 0.266 e. The minimum absolute atomic E-state index is 0.0355. The molecule has 0 saturated carbocycles. The molecule has 0 bridgehead atoms. The third-order valence-corrected chi connectivity index (χ3v) is 7.60. The van der Waals surface area contributed by atoms with Gasteiger partial charge in [-0.1, -0.05) is 46.5 Å². The van der Waals surface area contributed by atoms with Crippen LogP contribution in [0.5, 0.6) is 5.88 Å². The fourth-order valence-corrected chi connectivity index (χ4v) is 4.90. The molecule has 1 atom stereocenters. The SMILES string of the molecule is CCCCNS(=O)(=O)c1ccc(/N=N/c2c(C)c(C(N)=O)c(=O)n(CC(CC)CCCC)c2O)cc1. The van der Waals surface area contributed by atoms with E-state index in [2.05, 4.69) is 21.9 Å². The Kier molecular flexibility index (Phi) is 10.8. The second-order valence-corrected chi connectivity index (χ2v) is 10.6. The van der Waals surface area contributed by atoms with Crippen LogP contribution in [0.3, 0.4) is 0 Å². The number of carbonyl (C=O) groups excluding carboxylic acids is 1. The molecule has 1 heterocycles. The Morgan fingerprint density at radius 3 is 2.31 bits per heavy atom. The first-order valence-corrected chi connectivity index (χ1v) is 13.8. The van der Waals surface area contributed by atoms with Crippen LogP contribution in [-0.2, 0) is 16.6 Å². The maximum absolute atomic E-state index is 13.0. The summed E-state index contributed by atoms with van der Waals surface area (Å²) in [6, 6.07) is 5.77. The molecular weight excluding hydrogens is 482 g/mol. The van der Waals surface area contributed by atoms with Crippen molar-refractivity contribution in [1.82, 2.24) is 9.29 Å². The number of nitrogens with zero attached hydrogens (tertiary/aromatic N) is 3. The van der Waals surface area contributed by atoms with Gasteiger partial charge in [0.15, 0.2) is 0 Å². The number of unbranched alkanes of at least 4 members (excludes halogenated alkanes) is 2. The van der Waals surface area contributed by atoms with E-state index in [0.29, 0.717) is 12.2 Å². The van der Waals surface area contributed by atoms with Gasteiger partial charge in [0.05, 0.1) is 10.6 Å². The van der Waals surface area contributed by atoms with E-state index < -0.39 is 21.5 Å². The van der Waals surface area contributed by atoms with Crippen LogP contribution >= 0.6 is 0 Å². The van der Waals surface area contributed by atoms with E-state index in [9.17, 15) is 23.1 Å². The second kappa shape index (κ2) is 13.3. The van der Waals surface area contributed by atoms with Gasteiger partial charge in [-0.05, 0) is 49.9 Å². The number of primary amides is 1. The van der Waals surface area contributed by atoms with E-state index >= 15 is 0 Å². The predicted molar refractivity (Wildman–Crippen MR) is 140 cm³/mol. The summed E-state index contributed by atoms with van der Waals surface area (Å²) < 4.78 is 28.4. The molecule has 0 spiro atoms. The minimum atomic E-state index is -3.63. The van der Waals surface area contributed by atoms with Gasteiger partial charge in [0, 0.05) is 18.7 Å². The Hall–Kier alpha value is -3.05. The average Bonchev–Trinajstić information content (AvgIpc) is 2.83. The molecule has 11 heteroatoms. The van der Waals surface area contributed by atoms with Gasteiger partial charge in [0.25, 0.3) is 11.5 Å². The minimum Gasteiger partial charge on any atom is -0.493 e. The Labute approximate surface area is 212 Å². The van der Waals surface area contributed by atoms with Gasteiger partial charge in [-0.3, -0.25) is 14.2 Å². The number of aromatic hydroxyl groups is 1. The summed E-state index contributed by atoms with van der Waals surface area (Å²) in [4.78, 5) is 25.2. The van der Waals surface area contributed by atoms with Crippen molar-refractivity contribution in [2.24, 2.45) is 21.9 Å². The Morgan fingerprint density at radius 2 is 1.75 bits per heavy atom.